The van der Waals surface area contributed by atoms with E-state index in [-0.39, 0.29) is 106 Å². The van der Waals surface area contributed by atoms with Crippen molar-refractivity contribution < 1.29 is 124 Å². The first kappa shape index (κ1) is 92.2. The number of nitrogens with one attached hydrogen (secondary N) is 1. The van der Waals surface area contributed by atoms with Gasteiger partial charge < -0.3 is 33.7 Å². The molecule has 7 aromatic carbocycles. The van der Waals surface area contributed by atoms with Gasteiger partial charge in [0.15, 0.2) is 29.7 Å². The number of Topliss-reactive ketones (excluding diaryl/α,β-unsaturated/α-hetero) is 3. The zero-order valence-corrected chi connectivity index (χ0v) is 78.1. The van der Waals surface area contributed by atoms with Crippen molar-refractivity contribution in [1.29, 1.82) is 0 Å². The molecule has 8 bridgehead atoms. The predicted molar refractivity (Wildman–Crippen MR) is 503 cm³/mol. The maximum atomic E-state index is 15.8. The molecule has 8 aliphatic carbocycles. The second kappa shape index (κ2) is 35.5. The summed E-state index contributed by atoms with van der Waals surface area (Å²) < 4.78 is 34.9. The molecular formula is C109H95N9O26. The Kier molecular flexibility index (Phi) is 22.8. The van der Waals surface area contributed by atoms with Gasteiger partial charge in [-0.2, -0.15) is 0 Å². The second-order valence-electron chi connectivity index (χ2n) is 40.4. The Bertz CT molecular complexity index is 6790. The van der Waals surface area contributed by atoms with Gasteiger partial charge in [-0.15, -0.1) is 0 Å². The van der Waals surface area contributed by atoms with Crippen molar-refractivity contribution in [2.24, 2.45) is 118 Å². The Morgan fingerprint density at radius 2 is 0.743 bits per heavy atom. The molecule has 1 N–H and O–H groups in total. The number of anilines is 7. The molecular weight excluding hydrogens is 1850 g/mol. The first-order valence-electron chi connectivity index (χ1n) is 49.1. The third kappa shape index (κ3) is 14.5. The highest BCUT2D eigenvalue weighted by atomic mass is 16.7. The van der Waals surface area contributed by atoms with E-state index in [2.05, 4.69) is 17.2 Å². The van der Waals surface area contributed by atoms with Crippen LogP contribution in [0.1, 0.15) is 154 Å². The van der Waals surface area contributed by atoms with E-state index in [4.69, 9.17) is 28.4 Å². The monoisotopic (exact) mass is 1950 g/mol. The second-order valence-corrected chi connectivity index (χ2v) is 40.4. The molecule has 8 heterocycles. The molecule has 20 unspecified atom stereocenters. The van der Waals surface area contributed by atoms with E-state index in [9.17, 15) is 57.5 Å². The number of benzene rings is 7. The van der Waals surface area contributed by atoms with Gasteiger partial charge in [0.1, 0.15) is 23.2 Å². The van der Waals surface area contributed by atoms with Crippen LogP contribution < -0.4 is 48.9 Å². The fourth-order valence-electron chi connectivity index (χ4n) is 26.9. The number of piperidine rings is 3. The molecule has 14 amide bonds. The number of hydrogen-bond donors (Lipinski definition) is 1. The van der Waals surface area contributed by atoms with Crippen LogP contribution in [-0.2, 0) is 90.9 Å². The zero-order chi connectivity index (χ0) is 99.9. The van der Waals surface area contributed by atoms with Gasteiger partial charge in [-0.25, -0.2) is 29.2 Å². The van der Waals surface area contributed by atoms with E-state index >= 15 is 38.4 Å². The number of amides is 14. The van der Waals surface area contributed by atoms with Crippen LogP contribution in [0.2, 0.25) is 0 Å². The summed E-state index contributed by atoms with van der Waals surface area (Å²) >= 11 is 0. The number of pyridine rings is 1. The van der Waals surface area contributed by atoms with Crippen molar-refractivity contribution in [3.05, 3.63) is 221 Å². The number of esters is 2. The number of ether oxygens (including phenoxy) is 6. The number of aromatic nitrogens is 1. The molecule has 23 rings (SSSR count). The Hall–Kier alpha value is -15.6. The number of carbonyl (C=O) groups excluding carboxylic acids is 20. The molecule has 7 saturated heterocycles. The molecule has 7 aliphatic heterocycles. The molecule has 8 aromatic rings. The van der Waals surface area contributed by atoms with Crippen molar-refractivity contribution in [2.45, 2.75) is 102 Å². The molecule has 0 radical (unpaired) electrons. The fraction of sp³-hybridized carbons (Fsp3) is 0.385. The summed E-state index contributed by atoms with van der Waals surface area (Å²) in [6.07, 6.45) is 11.8. The van der Waals surface area contributed by atoms with E-state index in [1.165, 1.54) is 130 Å². The minimum atomic E-state index is -1.81. The third-order valence-corrected chi connectivity index (χ3v) is 33.5. The highest BCUT2D eigenvalue weighted by Gasteiger charge is 2.77. The fourth-order valence-corrected chi connectivity index (χ4v) is 26.9. The van der Waals surface area contributed by atoms with Crippen LogP contribution in [-0.4, -0.2) is 175 Å². The molecule has 0 spiro atoms. The summed E-state index contributed by atoms with van der Waals surface area (Å²) in [4.78, 5) is 305. The van der Waals surface area contributed by atoms with Gasteiger partial charge in [-0.3, -0.25) is 106 Å². The lowest BCUT2D eigenvalue weighted by Crippen LogP contribution is -2.51. The molecule has 15 fully saturated rings. The number of unbranched alkanes of at least 4 members (excludes halogenated alkanes) is 3. The number of nitrogens with zero attached hydrogens (tertiary/aromatic N) is 8. The van der Waals surface area contributed by atoms with Crippen LogP contribution in [0.5, 0.6) is 17.2 Å². The molecule has 15 aliphatic rings. The van der Waals surface area contributed by atoms with Crippen LogP contribution in [0, 0.1) is 118 Å². The van der Waals surface area contributed by atoms with Gasteiger partial charge in [0.25, 0.3) is 0 Å². The van der Waals surface area contributed by atoms with Crippen molar-refractivity contribution in [2.75, 3.05) is 75.6 Å². The van der Waals surface area contributed by atoms with E-state index in [1.807, 2.05) is 24.3 Å². The number of likely N-dealkylation sites (tertiary alicyclic amines) is 1. The Balaban J connectivity index is 0.495. The van der Waals surface area contributed by atoms with Gasteiger partial charge >= 0.3 is 11.9 Å². The minimum Gasteiger partial charge on any atom is -0.485 e. The SMILES string of the molecule is CCCCCCOC1CCC(c2ccc(OCC(=O)c3cc(NC)cc(N4C(=O)C5C(C4=O)C4C(=O)N(c6cc(C(=O)OCOc7ccncc7)cc(N7C(=O)C8CC(C7=O)C7C9CC(C(=O)C(c%10cc(C(=O)OCOc%11ccc(C(=O)c%12ccccc%12)cc%11)cc(N%11C(=O)C%12C%13C(=O)N(c%14ccc(N%15C(=O)C%16CC(C%15=O)C%15C%17CC(C(=O)N(C)C%17=O)C%16%15)cc%14)C(=O)C%13C%12C%11=O)c%10)C9=O)C87)c6)C(=O)C54)c3)cc2)CC1. The first-order valence-corrected chi connectivity index (χ1v) is 49.1. The van der Waals surface area contributed by atoms with Gasteiger partial charge in [0.05, 0.1) is 98.7 Å². The molecule has 20 atom stereocenters. The lowest BCUT2D eigenvalue weighted by Gasteiger charge is -2.36. The Morgan fingerprint density at radius 1 is 0.354 bits per heavy atom. The number of carbonyl (C=O) groups is 20. The van der Waals surface area contributed by atoms with Crippen molar-refractivity contribution in [3.8, 4) is 17.2 Å². The maximum Gasteiger partial charge on any atom is 0.341 e. The topological polar surface area (TPSA) is 444 Å². The quantitative estimate of drug-likeness (QED) is 0.00865. The van der Waals surface area contributed by atoms with Crippen molar-refractivity contribution >= 4 is 158 Å². The predicted octanol–water partition coefficient (Wildman–Crippen LogP) is 10.2. The molecule has 732 valence electrons. The summed E-state index contributed by atoms with van der Waals surface area (Å²) in [5, 5.41) is 2.97. The molecule has 35 nitrogen and oxygen atoms in total. The molecule has 35 heteroatoms. The van der Waals surface area contributed by atoms with E-state index in [1.54, 1.807) is 37.4 Å². The van der Waals surface area contributed by atoms with Crippen LogP contribution >= 0.6 is 0 Å². The summed E-state index contributed by atoms with van der Waals surface area (Å²) in [6.45, 7) is 1.05. The molecule has 1 aromatic heterocycles. The van der Waals surface area contributed by atoms with Crippen molar-refractivity contribution in [3.63, 3.8) is 0 Å². The van der Waals surface area contributed by atoms with Gasteiger partial charge in [0, 0.05) is 103 Å². The van der Waals surface area contributed by atoms with Gasteiger partial charge in [0.2, 0.25) is 96.3 Å². The zero-order valence-electron chi connectivity index (χ0n) is 78.1. The summed E-state index contributed by atoms with van der Waals surface area (Å²) in [6, 6.07) is 41.6. The Labute approximate surface area is 821 Å². The highest BCUT2D eigenvalue weighted by Crippen LogP contribution is 2.67. The summed E-state index contributed by atoms with van der Waals surface area (Å²) in [7, 11) is 2.98. The van der Waals surface area contributed by atoms with Crippen molar-refractivity contribution in [1.82, 2.24) is 9.88 Å². The largest absolute Gasteiger partial charge is 0.485 e. The third-order valence-electron chi connectivity index (χ3n) is 33.5. The van der Waals surface area contributed by atoms with Crippen LogP contribution in [0.25, 0.3) is 0 Å². The highest BCUT2D eigenvalue weighted by molar-refractivity contribution is 6.35. The van der Waals surface area contributed by atoms with Crippen LogP contribution in [0.4, 0.5) is 39.8 Å². The molecule has 144 heavy (non-hydrogen) atoms. The van der Waals surface area contributed by atoms with E-state index in [0.29, 0.717) is 38.3 Å². The molecule has 8 saturated carbocycles. The van der Waals surface area contributed by atoms with E-state index < -0.39 is 256 Å². The van der Waals surface area contributed by atoms with Crippen LogP contribution in [0.15, 0.2) is 182 Å². The van der Waals surface area contributed by atoms with Gasteiger partial charge in [-0.1, -0.05) is 68.7 Å². The average Bonchev–Trinajstić information content (AvgIpc) is 1.52. The number of imide groups is 7. The lowest BCUT2D eigenvalue weighted by molar-refractivity contribution is -0.153. The number of fused-ring (bicyclic) bond motifs is 26. The minimum absolute atomic E-state index is 0.0148. The smallest absolute Gasteiger partial charge is 0.341 e. The average molecular weight is 1950 g/mol. The Morgan fingerprint density at radius 3 is 1.22 bits per heavy atom. The number of hydrogen-bond acceptors (Lipinski definition) is 28. The normalized spacial score (nSPS) is 30.1. The number of ketones is 4. The number of rotatable bonds is 29. The summed E-state index contributed by atoms with van der Waals surface area (Å²) in [5.41, 5.74) is 0.215. The summed E-state index contributed by atoms with van der Waals surface area (Å²) in [5.74, 6) is -38.1. The first-order chi connectivity index (χ1) is 69.6. The lowest BCUT2D eigenvalue weighted by atomic mass is 9.59. The van der Waals surface area contributed by atoms with Gasteiger partial charge in [-0.05, 0) is 226 Å². The van der Waals surface area contributed by atoms with E-state index in [0.717, 1.165) is 93.0 Å². The van der Waals surface area contributed by atoms with Crippen LogP contribution in [0.3, 0.4) is 0 Å². The standard InChI is InChI=1S/C109H95N9O26/c1-4-5-6-10-33-139-65-23-13-50(14-24-65)51-15-25-66(26-16-51)140-47-77(119)54-35-58(110-2)41-62(36-54)117-104(133)87-88(105(117)134)90-89(87)106(135)118(107(90)136)64-40-57(109(138)144-49-142-68-29-31-111-32-30-68)39-63(42-64)115-98(127)73-45-74(99(115)128)80-70-43-69(79(73)80)92(121)78(93(70)122)55-34-56(108(137)143-48-141-67-27-17-53(18-28-67)91(120)52-11-8-7-9-12-52)38-61(37-55)116-102(131)85-83-84(86(85)103(116)132)101(130)114(100(83)129)60-21-19-59(20-22-60)113-96(125)75-46-76(97(113)126)82-72-44-71(81(75)82)94(123)112(3)95(72)124/h7-9,11-12,15-22,25-32,34-42,50,65,69-76,78-90,110H,4-6,10,13-14,23-24,33,43-49H2,1-3H3. The maximum absolute atomic E-state index is 15.8.